The van der Waals surface area contributed by atoms with Crippen molar-refractivity contribution in [3.8, 4) is 0 Å². The second-order valence-corrected chi connectivity index (χ2v) is 5.80. The molecule has 3 rings (SSSR count). The fourth-order valence-corrected chi connectivity index (χ4v) is 2.95. The standard InChI is InChI=1S/C12H16BrN3O2/c1-7-6-16(4-5-18-7)12(17)11-9(13)10(14-15-11)8-2-3-8/h7-8H,2-6H2,1H3,(H,14,15)/t7-/m1/s1. The number of hydrogen-bond donors (Lipinski definition) is 1. The lowest BCUT2D eigenvalue weighted by Gasteiger charge is -2.30. The third kappa shape index (κ3) is 2.19. The van der Waals surface area contributed by atoms with Crippen molar-refractivity contribution in [2.24, 2.45) is 0 Å². The molecule has 2 aliphatic rings. The molecule has 1 atom stereocenters. The molecule has 0 bridgehead atoms. The molecule has 1 N–H and O–H groups in total. The van der Waals surface area contributed by atoms with Crippen molar-refractivity contribution < 1.29 is 9.53 Å². The molecule has 6 heteroatoms. The average Bonchev–Trinajstić information content (AvgIpc) is 3.12. The summed E-state index contributed by atoms with van der Waals surface area (Å²) in [5.74, 6) is 0.539. The minimum Gasteiger partial charge on any atom is -0.375 e. The Kier molecular flexibility index (Phi) is 3.15. The van der Waals surface area contributed by atoms with Crippen LogP contribution < -0.4 is 0 Å². The quantitative estimate of drug-likeness (QED) is 0.907. The number of ether oxygens (including phenoxy) is 1. The third-order valence-electron chi connectivity index (χ3n) is 3.45. The normalized spacial score (nSPS) is 24.3. The van der Waals surface area contributed by atoms with Crippen LogP contribution in [0, 0.1) is 0 Å². The van der Waals surface area contributed by atoms with E-state index in [9.17, 15) is 4.79 Å². The van der Waals surface area contributed by atoms with Gasteiger partial charge in [0, 0.05) is 19.0 Å². The summed E-state index contributed by atoms with van der Waals surface area (Å²) >= 11 is 3.50. The van der Waals surface area contributed by atoms with Crippen LogP contribution in [0.1, 0.15) is 41.9 Å². The highest BCUT2D eigenvalue weighted by molar-refractivity contribution is 9.10. The molecule has 0 unspecified atom stereocenters. The lowest BCUT2D eigenvalue weighted by Crippen LogP contribution is -2.44. The number of hydrogen-bond acceptors (Lipinski definition) is 3. The first kappa shape index (κ1) is 12.2. The molecule has 1 aliphatic carbocycles. The Balaban J connectivity index is 1.79. The highest BCUT2D eigenvalue weighted by Crippen LogP contribution is 2.43. The summed E-state index contributed by atoms with van der Waals surface area (Å²) < 4.78 is 6.29. The SMILES string of the molecule is C[C@@H]1CN(C(=O)c2n[nH]c(C3CC3)c2Br)CCO1. The predicted octanol–water partition coefficient (Wildman–Crippen LogP) is 1.91. The minimum atomic E-state index is -0.0137. The Morgan fingerprint density at radius 1 is 1.56 bits per heavy atom. The summed E-state index contributed by atoms with van der Waals surface area (Å²) in [7, 11) is 0. The maximum atomic E-state index is 12.4. The number of rotatable bonds is 2. The molecule has 98 valence electrons. The van der Waals surface area contributed by atoms with Crippen LogP contribution >= 0.6 is 15.9 Å². The number of carbonyl (C=O) groups is 1. The van der Waals surface area contributed by atoms with Gasteiger partial charge in [0.25, 0.3) is 5.91 Å². The average molecular weight is 314 g/mol. The van der Waals surface area contributed by atoms with E-state index in [1.54, 1.807) is 0 Å². The highest BCUT2D eigenvalue weighted by atomic mass is 79.9. The third-order valence-corrected chi connectivity index (χ3v) is 4.25. The zero-order valence-electron chi connectivity index (χ0n) is 10.3. The van der Waals surface area contributed by atoms with Gasteiger partial charge in [0.15, 0.2) is 5.69 Å². The lowest BCUT2D eigenvalue weighted by molar-refractivity contribution is -0.0126. The molecule has 1 aromatic heterocycles. The van der Waals surface area contributed by atoms with Crippen molar-refractivity contribution in [2.45, 2.75) is 31.8 Å². The molecule has 2 heterocycles. The van der Waals surface area contributed by atoms with Gasteiger partial charge in [-0.25, -0.2) is 0 Å². The van der Waals surface area contributed by atoms with Crippen molar-refractivity contribution in [1.82, 2.24) is 15.1 Å². The van der Waals surface area contributed by atoms with Crippen LogP contribution in [0.25, 0.3) is 0 Å². The van der Waals surface area contributed by atoms with E-state index in [4.69, 9.17) is 4.74 Å². The maximum Gasteiger partial charge on any atom is 0.275 e. The number of nitrogens with one attached hydrogen (secondary N) is 1. The number of halogens is 1. The number of carbonyl (C=O) groups excluding carboxylic acids is 1. The van der Waals surface area contributed by atoms with E-state index in [0.29, 0.717) is 31.3 Å². The van der Waals surface area contributed by atoms with Gasteiger partial charge in [0.2, 0.25) is 0 Å². The Morgan fingerprint density at radius 2 is 2.33 bits per heavy atom. The number of morpholine rings is 1. The molecule has 5 nitrogen and oxygen atoms in total. The van der Waals surface area contributed by atoms with Gasteiger partial charge < -0.3 is 9.64 Å². The second kappa shape index (κ2) is 4.66. The summed E-state index contributed by atoms with van der Waals surface area (Å²) in [4.78, 5) is 14.2. The molecule has 0 aromatic carbocycles. The van der Waals surface area contributed by atoms with Crippen LogP contribution in [0.5, 0.6) is 0 Å². The van der Waals surface area contributed by atoms with Gasteiger partial charge in [-0.2, -0.15) is 5.10 Å². The van der Waals surface area contributed by atoms with Gasteiger partial charge in [0.1, 0.15) is 0 Å². The molecule has 1 aliphatic heterocycles. The van der Waals surface area contributed by atoms with Crippen molar-refractivity contribution in [1.29, 1.82) is 0 Å². The van der Waals surface area contributed by atoms with Crippen LogP contribution in [-0.2, 0) is 4.74 Å². The number of amides is 1. The second-order valence-electron chi connectivity index (χ2n) is 5.01. The zero-order chi connectivity index (χ0) is 12.7. The fourth-order valence-electron chi connectivity index (χ4n) is 2.28. The molecule has 1 saturated heterocycles. The van der Waals surface area contributed by atoms with Crippen molar-refractivity contribution in [2.75, 3.05) is 19.7 Å². The van der Waals surface area contributed by atoms with E-state index in [0.717, 1.165) is 10.2 Å². The first-order chi connectivity index (χ1) is 8.66. The van der Waals surface area contributed by atoms with E-state index < -0.39 is 0 Å². The van der Waals surface area contributed by atoms with Crippen LogP contribution in [-0.4, -0.2) is 46.8 Å². The molecular formula is C12H16BrN3O2. The lowest BCUT2D eigenvalue weighted by atomic mass is 10.2. The smallest absolute Gasteiger partial charge is 0.275 e. The van der Waals surface area contributed by atoms with E-state index >= 15 is 0 Å². The van der Waals surface area contributed by atoms with Gasteiger partial charge in [-0.15, -0.1) is 0 Å². The van der Waals surface area contributed by atoms with Gasteiger partial charge in [-0.3, -0.25) is 9.89 Å². The predicted molar refractivity (Wildman–Crippen MR) is 69.6 cm³/mol. The molecule has 1 aromatic rings. The highest BCUT2D eigenvalue weighted by Gasteiger charge is 2.32. The number of H-pyrrole nitrogens is 1. The maximum absolute atomic E-state index is 12.4. The Labute approximate surface area is 114 Å². The van der Waals surface area contributed by atoms with Crippen LogP contribution in [0.3, 0.4) is 0 Å². The molecule has 1 saturated carbocycles. The summed E-state index contributed by atoms with van der Waals surface area (Å²) in [5.41, 5.74) is 1.57. The van der Waals surface area contributed by atoms with Crippen molar-refractivity contribution in [3.05, 3.63) is 15.9 Å². The fraction of sp³-hybridized carbons (Fsp3) is 0.667. The van der Waals surface area contributed by atoms with E-state index in [2.05, 4.69) is 26.1 Å². The topological polar surface area (TPSA) is 58.2 Å². The van der Waals surface area contributed by atoms with Gasteiger partial charge in [-0.05, 0) is 35.7 Å². The molecule has 18 heavy (non-hydrogen) atoms. The van der Waals surface area contributed by atoms with Crippen LogP contribution in [0.2, 0.25) is 0 Å². The number of aromatic amines is 1. The van der Waals surface area contributed by atoms with Crippen molar-refractivity contribution >= 4 is 21.8 Å². The Morgan fingerprint density at radius 3 is 3.00 bits per heavy atom. The molecular weight excluding hydrogens is 298 g/mol. The first-order valence-corrected chi connectivity index (χ1v) is 7.10. The van der Waals surface area contributed by atoms with E-state index in [1.807, 2.05) is 11.8 Å². The van der Waals surface area contributed by atoms with Gasteiger partial charge >= 0.3 is 0 Å². The van der Waals surface area contributed by atoms with Crippen LogP contribution in [0.4, 0.5) is 0 Å². The van der Waals surface area contributed by atoms with Gasteiger partial charge in [-0.1, -0.05) is 0 Å². The van der Waals surface area contributed by atoms with E-state index in [-0.39, 0.29) is 12.0 Å². The molecule has 0 radical (unpaired) electrons. The molecule has 2 fully saturated rings. The van der Waals surface area contributed by atoms with Crippen molar-refractivity contribution in [3.63, 3.8) is 0 Å². The Bertz CT molecular complexity index is 470. The Hall–Kier alpha value is -0.880. The summed E-state index contributed by atoms with van der Waals surface area (Å²) in [6, 6.07) is 0. The summed E-state index contributed by atoms with van der Waals surface area (Å²) in [6.45, 7) is 3.86. The van der Waals surface area contributed by atoms with Crippen LogP contribution in [0.15, 0.2) is 4.47 Å². The molecule has 0 spiro atoms. The molecule has 1 amide bonds. The summed E-state index contributed by atoms with van der Waals surface area (Å²) in [5, 5.41) is 7.16. The first-order valence-electron chi connectivity index (χ1n) is 6.31. The minimum absolute atomic E-state index is 0.0137. The largest absolute Gasteiger partial charge is 0.375 e. The van der Waals surface area contributed by atoms with Gasteiger partial charge in [0.05, 0.1) is 22.9 Å². The zero-order valence-corrected chi connectivity index (χ0v) is 11.9. The monoisotopic (exact) mass is 313 g/mol. The number of nitrogens with zero attached hydrogens (tertiary/aromatic N) is 2. The van der Waals surface area contributed by atoms with E-state index in [1.165, 1.54) is 12.8 Å². The number of aromatic nitrogens is 2. The summed E-state index contributed by atoms with van der Waals surface area (Å²) in [6.07, 6.45) is 2.47.